The van der Waals surface area contributed by atoms with Gasteiger partial charge in [-0.1, -0.05) is 0 Å². The predicted octanol–water partition coefficient (Wildman–Crippen LogP) is 4.65. The Hall–Kier alpha value is -2.13. The Morgan fingerprint density at radius 2 is 1.41 bits per heavy atom. The summed E-state index contributed by atoms with van der Waals surface area (Å²) in [4.78, 5) is 0. The zero-order valence-electron chi connectivity index (χ0n) is 10.0. The molecule has 0 saturated carbocycles. The number of hydrogen-bond acceptors (Lipinski definition) is 1. The van der Waals surface area contributed by atoms with E-state index in [1.54, 1.807) is 0 Å². The molecule has 0 bridgehead atoms. The molecule has 0 amide bonds. The first-order chi connectivity index (χ1) is 10.0. The van der Waals surface area contributed by atoms with Crippen LogP contribution >= 0.6 is 0 Å². The second-order valence-electron chi connectivity index (χ2n) is 4.22. The fraction of sp³-hybridized carbons (Fsp3) is 0.167. The molecule has 0 aliphatic heterocycles. The second-order valence-corrected chi connectivity index (χ2v) is 4.22. The van der Waals surface area contributed by atoms with Crippen LogP contribution in [-0.4, -0.2) is 17.2 Å². The van der Waals surface area contributed by atoms with Gasteiger partial charge in [0.05, 0.1) is 5.57 Å². The summed E-state index contributed by atoms with van der Waals surface area (Å²) in [5.74, 6) is -22.1. The molecule has 1 unspecified atom stereocenters. The summed E-state index contributed by atoms with van der Waals surface area (Å²) in [5.41, 5.74) is -4.30. The van der Waals surface area contributed by atoms with Gasteiger partial charge in [-0.3, -0.25) is 0 Å². The van der Waals surface area contributed by atoms with Crippen LogP contribution in [0.5, 0.6) is 0 Å². The summed E-state index contributed by atoms with van der Waals surface area (Å²) in [5, 5.41) is 8.71. The number of allylic oxidation sites excluding steroid dienone is 4. The van der Waals surface area contributed by atoms with Crippen LogP contribution in [0.3, 0.4) is 0 Å². The first kappa shape index (κ1) is 16.2. The molecule has 0 radical (unpaired) electrons. The van der Waals surface area contributed by atoms with E-state index in [0.29, 0.717) is 0 Å². The van der Waals surface area contributed by atoms with Crippen LogP contribution < -0.4 is 0 Å². The van der Waals surface area contributed by atoms with Crippen LogP contribution in [-0.2, 0) is 0 Å². The summed E-state index contributed by atoms with van der Waals surface area (Å²) in [6, 6.07) is -0.376. The van der Waals surface area contributed by atoms with Gasteiger partial charge < -0.3 is 5.11 Å². The molecule has 120 valence electrons. The fourth-order valence-corrected chi connectivity index (χ4v) is 1.83. The molecule has 0 saturated heterocycles. The molecule has 22 heavy (non-hydrogen) atoms. The van der Waals surface area contributed by atoms with Gasteiger partial charge in [0.2, 0.25) is 6.17 Å². The molecule has 1 aliphatic carbocycles. The van der Waals surface area contributed by atoms with Gasteiger partial charge in [-0.25, -0.2) is 26.3 Å². The predicted molar refractivity (Wildman–Crippen MR) is 54.9 cm³/mol. The van der Waals surface area contributed by atoms with Crippen LogP contribution in [0.25, 0.3) is 5.57 Å². The summed E-state index contributed by atoms with van der Waals surface area (Å²) >= 11 is 0. The van der Waals surface area contributed by atoms with Crippen molar-refractivity contribution in [1.29, 1.82) is 0 Å². The Balaban J connectivity index is 2.86. The molecule has 10 heteroatoms. The molecule has 1 N–H and O–H groups in total. The van der Waals surface area contributed by atoms with Gasteiger partial charge in [0, 0.05) is 5.56 Å². The first-order valence-corrected chi connectivity index (χ1v) is 5.36. The van der Waals surface area contributed by atoms with E-state index >= 15 is 0 Å². The number of aliphatic hydroxyl groups is 1. The molecule has 1 nitrogen and oxygen atoms in total. The van der Waals surface area contributed by atoms with Crippen molar-refractivity contribution in [3.8, 4) is 0 Å². The van der Waals surface area contributed by atoms with Crippen LogP contribution in [0.15, 0.2) is 23.5 Å². The van der Waals surface area contributed by atoms with Crippen molar-refractivity contribution >= 4 is 5.57 Å². The minimum atomic E-state index is -5.05. The van der Waals surface area contributed by atoms with Crippen molar-refractivity contribution < 1.29 is 44.6 Å². The topological polar surface area (TPSA) is 20.2 Å². The summed E-state index contributed by atoms with van der Waals surface area (Å²) in [7, 11) is 0. The minimum Gasteiger partial charge on any atom is -0.506 e. The Morgan fingerprint density at radius 3 is 1.95 bits per heavy atom. The molecule has 2 rings (SSSR count). The monoisotopic (exact) mass is 334 g/mol. The van der Waals surface area contributed by atoms with Crippen LogP contribution in [0.1, 0.15) is 5.56 Å². The summed E-state index contributed by atoms with van der Waals surface area (Å²) in [6.45, 7) is 0. The maximum absolute atomic E-state index is 13.6. The molecule has 1 aliphatic rings. The lowest BCUT2D eigenvalue weighted by Gasteiger charge is -2.28. The molecule has 0 heterocycles. The highest BCUT2D eigenvalue weighted by Crippen LogP contribution is 2.48. The van der Waals surface area contributed by atoms with Crippen molar-refractivity contribution in [2.24, 2.45) is 0 Å². The standard InChI is InChI=1S/C12H3F9O/c13-3-1-2(5(14)8(17)6(3)15)4-7(16)9(18)10(22)11(19)12(4,20)21/h1,11,22H. The van der Waals surface area contributed by atoms with Crippen molar-refractivity contribution in [3.05, 3.63) is 52.3 Å². The molecule has 1 aromatic rings. The van der Waals surface area contributed by atoms with E-state index in [4.69, 9.17) is 5.11 Å². The Morgan fingerprint density at radius 1 is 0.864 bits per heavy atom. The average Bonchev–Trinajstić information content (AvgIpc) is 2.46. The summed E-state index contributed by atoms with van der Waals surface area (Å²) in [6.07, 6.45) is -3.82. The molecule has 0 spiro atoms. The van der Waals surface area contributed by atoms with E-state index in [1.807, 2.05) is 0 Å². The minimum absolute atomic E-state index is 0.376. The van der Waals surface area contributed by atoms with Gasteiger partial charge in [0.25, 0.3) is 0 Å². The number of rotatable bonds is 1. The fourth-order valence-electron chi connectivity index (χ4n) is 1.83. The van der Waals surface area contributed by atoms with E-state index in [0.717, 1.165) is 0 Å². The lowest BCUT2D eigenvalue weighted by molar-refractivity contribution is -0.0238. The summed E-state index contributed by atoms with van der Waals surface area (Å²) < 4.78 is 119. The third kappa shape index (κ3) is 2.04. The normalized spacial score (nSPS) is 21.6. The van der Waals surface area contributed by atoms with E-state index < -0.39 is 63.9 Å². The molecule has 0 fully saturated rings. The largest absolute Gasteiger partial charge is 0.506 e. The van der Waals surface area contributed by atoms with Crippen molar-refractivity contribution in [3.63, 3.8) is 0 Å². The maximum Gasteiger partial charge on any atom is 0.314 e. The van der Waals surface area contributed by atoms with Gasteiger partial charge >= 0.3 is 5.92 Å². The van der Waals surface area contributed by atoms with E-state index in [2.05, 4.69) is 0 Å². The highest BCUT2D eigenvalue weighted by molar-refractivity contribution is 5.78. The molecule has 0 aromatic heterocycles. The Bertz CT molecular complexity index is 720. The van der Waals surface area contributed by atoms with Gasteiger partial charge in [-0.2, -0.15) is 13.2 Å². The van der Waals surface area contributed by atoms with Gasteiger partial charge in [-0.05, 0) is 6.07 Å². The van der Waals surface area contributed by atoms with Crippen molar-refractivity contribution in [1.82, 2.24) is 0 Å². The van der Waals surface area contributed by atoms with Gasteiger partial charge in [0.15, 0.2) is 40.7 Å². The van der Waals surface area contributed by atoms with Crippen molar-refractivity contribution in [2.75, 3.05) is 0 Å². The number of hydrogen-bond donors (Lipinski definition) is 1. The lowest BCUT2D eigenvalue weighted by atomic mass is 9.89. The van der Waals surface area contributed by atoms with Gasteiger partial charge in [0.1, 0.15) is 0 Å². The lowest BCUT2D eigenvalue weighted by Crippen LogP contribution is -2.37. The number of benzene rings is 1. The molecular weight excluding hydrogens is 331 g/mol. The second kappa shape index (κ2) is 4.96. The number of halogens is 9. The zero-order valence-corrected chi connectivity index (χ0v) is 10.0. The highest BCUT2D eigenvalue weighted by atomic mass is 19.3. The van der Waals surface area contributed by atoms with Crippen molar-refractivity contribution in [2.45, 2.75) is 12.1 Å². The highest BCUT2D eigenvalue weighted by Gasteiger charge is 2.55. The molecule has 1 aromatic carbocycles. The van der Waals surface area contributed by atoms with E-state index in [1.165, 1.54) is 0 Å². The number of aliphatic hydroxyl groups excluding tert-OH is 1. The van der Waals surface area contributed by atoms with Gasteiger partial charge in [-0.15, -0.1) is 0 Å². The Labute approximate surface area is 116 Å². The van der Waals surface area contributed by atoms with E-state index in [9.17, 15) is 39.5 Å². The smallest absolute Gasteiger partial charge is 0.314 e. The number of alkyl halides is 3. The SMILES string of the molecule is OC1=C(F)C(F)=C(c2cc(F)c(F)c(F)c2F)C(F)(F)C1F. The zero-order chi connectivity index (χ0) is 17.0. The van der Waals surface area contributed by atoms with Crippen LogP contribution in [0.4, 0.5) is 39.5 Å². The third-order valence-electron chi connectivity index (χ3n) is 2.90. The Kier molecular flexibility index (Phi) is 3.66. The van der Waals surface area contributed by atoms with Crippen LogP contribution in [0.2, 0.25) is 0 Å². The average molecular weight is 334 g/mol. The maximum atomic E-state index is 13.6. The van der Waals surface area contributed by atoms with Crippen LogP contribution in [0, 0.1) is 23.3 Å². The quantitative estimate of drug-likeness (QED) is 0.450. The van der Waals surface area contributed by atoms with E-state index in [-0.39, 0.29) is 6.07 Å². The molecule has 1 atom stereocenters. The first-order valence-electron chi connectivity index (χ1n) is 5.36. The molecular formula is C12H3F9O. The third-order valence-corrected chi connectivity index (χ3v) is 2.90.